The Balaban J connectivity index is 2.29. The number of methoxy groups -OCH3 is 1. The molecule has 9 heteroatoms. The molecule has 2 rings (SSSR count). The van der Waals surface area contributed by atoms with Crippen LogP contribution in [0.2, 0.25) is 0 Å². The number of carbonyl (C=O) groups excluding carboxylic acids is 1. The summed E-state index contributed by atoms with van der Waals surface area (Å²) < 4.78 is 10.6. The van der Waals surface area contributed by atoms with Gasteiger partial charge in [-0.15, -0.1) is 0 Å². The van der Waals surface area contributed by atoms with Crippen molar-refractivity contribution in [3.8, 4) is 0 Å². The lowest BCUT2D eigenvalue weighted by Gasteiger charge is -2.57. The molecule has 2 aliphatic carbocycles. The molecule has 0 unspecified atom stereocenters. The summed E-state index contributed by atoms with van der Waals surface area (Å²) in [5.74, 6) is -0.552. The maximum Gasteiger partial charge on any atom is 0.145 e. The van der Waals surface area contributed by atoms with Crippen molar-refractivity contribution in [1.82, 2.24) is 10.6 Å². The molecule has 2 aliphatic rings. The van der Waals surface area contributed by atoms with Crippen LogP contribution in [-0.4, -0.2) is 98.3 Å². The van der Waals surface area contributed by atoms with Crippen LogP contribution in [0.15, 0.2) is 58.7 Å². The second kappa shape index (κ2) is 21.2. The third-order valence-corrected chi connectivity index (χ3v) is 10.5. The Morgan fingerprint density at radius 3 is 2.66 bits per heavy atom. The van der Waals surface area contributed by atoms with Crippen LogP contribution in [0.3, 0.4) is 0 Å². The molecule has 0 aliphatic heterocycles. The number of carbonyl (C=O) groups is 1. The van der Waals surface area contributed by atoms with Gasteiger partial charge in [-0.05, 0) is 116 Å². The second-order valence-corrected chi connectivity index (χ2v) is 13.6. The van der Waals surface area contributed by atoms with Gasteiger partial charge in [0.2, 0.25) is 0 Å². The molecule has 0 bridgehead atoms. The van der Waals surface area contributed by atoms with Crippen LogP contribution in [0.25, 0.3) is 0 Å². The van der Waals surface area contributed by atoms with Crippen LogP contribution in [-0.2, 0) is 14.3 Å². The lowest BCUT2D eigenvalue weighted by molar-refractivity contribution is -0.180. The first-order chi connectivity index (χ1) is 22.5. The van der Waals surface area contributed by atoms with Crippen molar-refractivity contribution in [3.05, 3.63) is 58.7 Å². The number of aldehydes is 1. The van der Waals surface area contributed by atoms with Gasteiger partial charge < -0.3 is 40.5 Å². The van der Waals surface area contributed by atoms with Crippen molar-refractivity contribution in [2.45, 2.75) is 103 Å². The molecular weight excluding hydrogens is 596 g/mol. The van der Waals surface area contributed by atoms with E-state index in [-0.39, 0.29) is 25.0 Å². The zero-order valence-electron chi connectivity index (χ0n) is 29.7. The molecule has 0 amide bonds. The maximum atomic E-state index is 12.4. The number of aliphatic hydroxyl groups excluding tert-OH is 3. The molecule has 0 heterocycles. The lowest BCUT2D eigenvalue weighted by Crippen LogP contribution is -2.61. The first kappa shape index (κ1) is 41.2. The second-order valence-electron chi connectivity index (χ2n) is 13.6. The molecule has 0 radical (unpaired) electrons. The largest absolute Gasteiger partial charge is 0.396 e. The predicted octanol–water partition coefficient (Wildman–Crippen LogP) is 4.53. The van der Waals surface area contributed by atoms with E-state index in [9.17, 15) is 25.2 Å². The van der Waals surface area contributed by atoms with Gasteiger partial charge in [-0.25, -0.2) is 0 Å². The Hall–Kier alpha value is -1.95. The van der Waals surface area contributed by atoms with Gasteiger partial charge in [0.1, 0.15) is 13.1 Å². The van der Waals surface area contributed by atoms with Gasteiger partial charge in [-0.2, -0.15) is 0 Å². The minimum Gasteiger partial charge on any atom is -0.396 e. The zero-order chi connectivity index (χ0) is 34.9. The summed E-state index contributed by atoms with van der Waals surface area (Å²) in [6.45, 7) is 12.2. The van der Waals surface area contributed by atoms with Crippen LogP contribution >= 0.6 is 0 Å². The first-order valence-corrected chi connectivity index (χ1v) is 17.5. The minimum atomic E-state index is -1.16. The van der Waals surface area contributed by atoms with Crippen LogP contribution in [0.1, 0.15) is 85.0 Å². The van der Waals surface area contributed by atoms with Crippen molar-refractivity contribution < 1.29 is 34.7 Å². The average Bonchev–Trinajstić information content (AvgIpc) is 3.41. The van der Waals surface area contributed by atoms with Gasteiger partial charge in [0.05, 0.1) is 18.3 Å². The van der Waals surface area contributed by atoms with Gasteiger partial charge in [0.15, 0.2) is 0 Å². The topological polar surface area (TPSA) is 141 Å². The molecular formula is C38H64N2O7. The Morgan fingerprint density at radius 1 is 1.23 bits per heavy atom. The summed E-state index contributed by atoms with van der Waals surface area (Å²) in [5, 5.41) is 50.7. The molecule has 6 atom stereocenters. The SMILES string of the molecule is C=C(/C=C/C=C(/COCO)[C@@H]1CC[C@]2([C@@H]1O)[C@@H](CCCO)/C(=C(/C)C=O)CC[C@]2(O)CCNC)CC/C=C(\C)CN[C@H](C)CCOC. The summed E-state index contributed by atoms with van der Waals surface area (Å²) in [7, 11) is 3.57. The molecule has 0 aromatic carbocycles. The highest BCUT2D eigenvalue weighted by atomic mass is 16.6. The smallest absolute Gasteiger partial charge is 0.145 e. The molecule has 1 spiro atoms. The third-order valence-electron chi connectivity index (χ3n) is 10.5. The maximum absolute atomic E-state index is 12.4. The highest BCUT2D eigenvalue weighted by Crippen LogP contribution is 2.63. The summed E-state index contributed by atoms with van der Waals surface area (Å²) >= 11 is 0. The normalized spacial score (nSPS) is 28.7. The summed E-state index contributed by atoms with van der Waals surface area (Å²) in [4.78, 5) is 12.0. The fraction of sp³-hybridized carbons (Fsp3) is 0.711. The van der Waals surface area contributed by atoms with Crippen molar-refractivity contribution in [2.24, 2.45) is 17.3 Å². The van der Waals surface area contributed by atoms with Gasteiger partial charge >= 0.3 is 0 Å². The van der Waals surface area contributed by atoms with E-state index in [1.54, 1.807) is 7.11 Å². The van der Waals surface area contributed by atoms with Crippen molar-refractivity contribution in [1.29, 1.82) is 0 Å². The number of allylic oxidation sites excluding steroid dienone is 7. The van der Waals surface area contributed by atoms with E-state index in [4.69, 9.17) is 9.47 Å². The van der Waals surface area contributed by atoms with E-state index < -0.39 is 23.9 Å². The third kappa shape index (κ3) is 11.3. The standard InChI is InChI=1S/C38H64N2O7/c1-28(10-7-12-29(2)24-40-31(4)17-23-46-6)11-8-13-32(26-47-27-43)34-16-19-38(36(34)44)35(14-9-22-41)33(30(3)25-42)15-18-37(38,45)20-21-39-5/h8,11-13,25,31,34-36,39-41,43-45H,1,7,9-10,14-24,26-27H2,2-6H3/b11-8+,29-12+,32-13-,33-30-/t31-,34+,35+,36-,37+,38-/m1/s1. The number of aliphatic hydroxyl groups is 4. The van der Waals surface area contributed by atoms with E-state index in [0.29, 0.717) is 63.1 Å². The van der Waals surface area contributed by atoms with E-state index >= 15 is 0 Å². The van der Waals surface area contributed by atoms with E-state index in [0.717, 1.165) is 55.4 Å². The molecule has 0 aromatic rings. The van der Waals surface area contributed by atoms with E-state index in [1.165, 1.54) is 5.57 Å². The highest BCUT2D eigenvalue weighted by Gasteiger charge is 2.65. The quantitative estimate of drug-likeness (QED) is 0.0325. The number of hydrogen-bond donors (Lipinski definition) is 6. The Bertz CT molecular complexity index is 1100. The monoisotopic (exact) mass is 660 g/mol. The van der Waals surface area contributed by atoms with Crippen LogP contribution in [0.5, 0.6) is 0 Å². The zero-order valence-corrected chi connectivity index (χ0v) is 29.7. The Morgan fingerprint density at radius 2 is 2.00 bits per heavy atom. The molecule has 9 nitrogen and oxygen atoms in total. The molecule has 6 N–H and O–H groups in total. The Labute approximate surface area is 283 Å². The molecule has 47 heavy (non-hydrogen) atoms. The number of nitrogens with one attached hydrogen (secondary N) is 2. The van der Waals surface area contributed by atoms with Gasteiger partial charge in [0, 0.05) is 44.2 Å². The van der Waals surface area contributed by atoms with Crippen molar-refractivity contribution in [3.63, 3.8) is 0 Å². The molecule has 268 valence electrons. The summed E-state index contributed by atoms with van der Waals surface area (Å²) in [6, 6.07) is 0.394. The van der Waals surface area contributed by atoms with E-state index in [1.807, 2.05) is 32.2 Å². The number of rotatable bonds is 22. The molecule has 0 saturated heterocycles. The summed E-state index contributed by atoms with van der Waals surface area (Å²) in [6.07, 6.45) is 14.5. The fourth-order valence-corrected chi connectivity index (χ4v) is 7.83. The van der Waals surface area contributed by atoms with Gasteiger partial charge in [0.25, 0.3) is 0 Å². The van der Waals surface area contributed by atoms with E-state index in [2.05, 4.69) is 37.1 Å². The first-order valence-electron chi connectivity index (χ1n) is 17.5. The summed E-state index contributed by atoms with van der Waals surface area (Å²) in [5.41, 5.74) is 2.69. The highest BCUT2D eigenvalue weighted by molar-refractivity contribution is 5.74. The lowest BCUT2D eigenvalue weighted by atomic mass is 9.51. The van der Waals surface area contributed by atoms with Gasteiger partial charge in [-0.1, -0.05) is 47.6 Å². The number of hydrogen-bond acceptors (Lipinski definition) is 9. The Kier molecular flexibility index (Phi) is 18.6. The molecule has 2 saturated carbocycles. The molecule has 2 fully saturated rings. The van der Waals surface area contributed by atoms with Crippen LogP contribution < -0.4 is 10.6 Å². The average molecular weight is 661 g/mol. The fourth-order valence-electron chi connectivity index (χ4n) is 7.83. The number of ether oxygens (including phenoxy) is 2. The van der Waals surface area contributed by atoms with Crippen molar-refractivity contribution in [2.75, 3.05) is 53.9 Å². The van der Waals surface area contributed by atoms with Gasteiger partial charge in [-0.3, -0.25) is 4.79 Å². The van der Waals surface area contributed by atoms with Crippen LogP contribution in [0.4, 0.5) is 0 Å². The molecule has 0 aromatic heterocycles. The van der Waals surface area contributed by atoms with Crippen LogP contribution in [0, 0.1) is 17.3 Å². The minimum absolute atomic E-state index is 0.00102. The van der Waals surface area contributed by atoms with Crippen molar-refractivity contribution >= 4 is 6.29 Å². The predicted molar refractivity (Wildman–Crippen MR) is 189 cm³/mol.